The van der Waals surface area contributed by atoms with Crippen LogP contribution in [0.25, 0.3) is 0 Å². The van der Waals surface area contributed by atoms with Crippen LogP contribution in [0.1, 0.15) is 0 Å². The molecule has 0 heterocycles. The molecule has 0 saturated heterocycles. The van der Waals surface area contributed by atoms with Crippen LogP contribution in [0.15, 0.2) is 0 Å². The molecule has 0 N–H and O–H groups in total. The maximum Gasteiger partial charge on any atom is 0 e. The van der Waals surface area contributed by atoms with Gasteiger partial charge in [0.05, 0.1) is 0 Å². The van der Waals surface area contributed by atoms with Gasteiger partial charge in [-0.1, -0.05) is 0 Å². The summed E-state index contributed by atoms with van der Waals surface area (Å²) in [6.07, 6.45) is 0. The van der Waals surface area contributed by atoms with Gasteiger partial charge in [-0.3, -0.25) is 0 Å². The third-order valence-corrected chi connectivity index (χ3v) is 0. The normalized spacial score (nSPS) is 0. The molecule has 5 heavy (non-hydrogen) atoms. The van der Waals surface area contributed by atoms with Gasteiger partial charge in [-0.15, -0.1) is 0 Å². The van der Waals surface area contributed by atoms with Crippen LogP contribution in [0.5, 0.6) is 0 Å². The number of hydrogen-bond donors (Lipinski definition) is 0. The molecule has 0 aliphatic heterocycles. The SMILES string of the molecule is [Mo].[O-2].[O-2].[O-2].[Re]. The van der Waals surface area contributed by atoms with E-state index in [4.69, 9.17) is 0 Å². The Morgan fingerprint density at radius 3 is 0.600 bits per heavy atom. The van der Waals surface area contributed by atoms with Crippen LogP contribution in [0.3, 0.4) is 0 Å². The molecule has 0 aliphatic carbocycles. The van der Waals surface area contributed by atoms with Crippen molar-refractivity contribution in [2.45, 2.75) is 0 Å². The zero-order valence-electron chi connectivity index (χ0n) is 2.01. The maximum atomic E-state index is 0. The van der Waals surface area contributed by atoms with Crippen LogP contribution in [-0.4, -0.2) is 0 Å². The Hall–Kier alpha value is 1.23. The molecule has 1 radical (unpaired) electrons. The van der Waals surface area contributed by atoms with Crippen molar-refractivity contribution in [1.82, 2.24) is 0 Å². The Morgan fingerprint density at radius 1 is 0.600 bits per heavy atom. The fourth-order valence-corrected chi connectivity index (χ4v) is 0. The Balaban J connectivity index is 0. The molecule has 0 saturated carbocycles. The topological polar surface area (TPSA) is 85.5 Å². The van der Waals surface area contributed by atoms with Crippen LogP contribution < -0.4 is 0 Å². The minimum absolute atomic E-state index is 0. The van der Waals surface area contributed by atoms with Crippen molar-refractivity contribution in [2.75, 3.05) is 0 Å². The van der Waals surface area contributed by atoms with E-state index in [0.29, 0.717) is 0 Å². The first kappa shape index (κ1) is 113. The summed E-state index contributed by atoms with van der Waals surface area (Å²) in [5.74, 6) is 0. The standard InChI is InChI=1S/Mo.3O.Re/q;3*-2;. The van der Waals surface area contributed by atoms with Gasteiger partial charge in [0.15, 0.2) is 0 Å². The molecular weight excluding hydrogens is 330 g/mol. The molecule has 0 aromatic carbocycles. The van der Waals surface area contributed by atoms with Crippen molar-refractivity contribution < 1.29 is 57.9 Å². The molecule has 37 valence electrons. The summed E-state index contributed by atoms with van der Waals surface area (Å²) in [5, 5.41) is 0. The largest absolute Gasteiger partial charge is 2.00 e. The minimum atomic E-state index is 0. The third-order valence-electron chi connectivity index (χ3n) is 0. The van der Waals surface area contributed by atoms with Gasteiger partial charge in [-0.25, -0.2) is 0 Å². The van der Waals surface area contributed by atoms with Gasteiger partial charge in [-0.05, 0) is 0 Å². The molecule has 0 aromatic heterocycles. The smallest absolute Gasteiger partial charge is 0 e. The van der Waals surface area contributed by atoms with E-state index in [1.807, 2.05) is 0 Å². The summed E-state index contributed by atoms with van der Waals surface area (Å²) in [6.45, 7) is 0. The second-order valence-corrected chi connectivity index (χ2v) is 0. The summed E-state index contributed by atoms with van der Waals surface area (Å²) in [4.78, 5) is 0. The van der Waals surface area contributed by atoms with Crippen LogP contribution in [0.2, 0.25) is 0 Å². The molecule has 5 heteroatoms. The van der Waals surface area contributed by atoms with E-state index in [2.05, 4.69) is 0 Å². The number of hydrogen-bond acceptors (Lipinski definition) is 0. The van der Waals surface area contributed by atoms with E-state index in [1.54, 1.807) is 0 Å². The molecule has 0 aromatic rings. The van der Waals surface area contributed by atoms with Gasteiger partial charge in [0, 0.05) is 41.5 Å². The van der Waals surface area contributed by atoms with Gasteiger partial charge >= 0.3 is 0 Å². The zero-order valence-corrected chi connectivity index (χ0v) is 6.73. The van der Waals surface area contributed by atoms with Crippen molar-refractivity contribution in [3.63, 3.8) is 0 Å². The van der Waals surface area contributed by atoms with E-state index in [1.165, 1.54) is 0 Å². The molecule has 0 spiro atoms. The Bertz CT molecular complexity index is 6.85. The molecular formula is MoO3Re-6. The van der Waals surface area contributed by atoms with E-state index in [0.717, 1.165) is 0 Å². The zero-order chi connectivity index (χ0) is 0. The molecule has 0 fully saturated rings. The van der Waals surface area contributed by atoms with Crippen molar-refractivity contribution in [3.05, 3.63) is 0 Å². The maximum absolute atomic E-state index is 0. The van der Waals surface area contributed by atoms with Crippen molar-refractivity contribution in [3.8, 4) is 0 Å². The molecule has 0 atom stereocenters. The predicted molar refractivity (Wildman–Crippen MR) is 2.06 cm³/mol. The fourth-order valence-electron chi connectivity index (χ4n) is 0. The third kappa shape index (κ3) is 36.0. The molecule has 0 amide bonds. The van der Waals surface area contributed by atoms with E-state index in [9.17, 15) is 0 Å². The monoisotopic (exact) mass is 333 g/mol. The summed E-state index contributed by atoms with van der Waals surface area (Å²) >= 11 is 0. The summed E-state index contributed by atoms with van der Waals surface area (Å²) in [6, 6.07) is 0. The van der Waals surface area contributed by atoms with Crippen molar-refractivity contribution in [2.24, 2.45) is 0 Å². The van der Waals surface area contributed by atoms with Crippen LogP contribution in [0, 0.1) is 0 Å². The summed E-state index contributed by atoms with van der Waals surface area (Å²) in [7, 11) is 0. The van der Waals surface area contributed by atoms with Crippen molar-refractivity contribution >= 4 is 0 Å². The van der Waals surface area contributed by atoms with Crippen LogP contribution in [0.4, 0.5) is 0 Å². The molecule has 0 unspecified atom stereocenters. The molecule has 3 nitrogen and oxygen atoms in total. The Labute approximate surface area is 58.0 Å². The van der Waals surface area contributed by atoms with Gasteiger partial charge in [0.1, 0.15) is 0 Å². The first-order chi connectivity index (χ1) is 0. The Kier molecular flexibility index (Phi) is 1390. The predicted octanol–water partition coefficient (Wildman–Crippen LogP) is -0.361. The first-order valence-corrected chi connectivity index (χ1v) is 0. The van der Waals surface area contributed by atoms with Gasteiger partial charge < -0.3 is 16.4 Å². The fraction of sp³-hybridized carbons (Fsp3) is 0. The summed E-state index contributed by atoms with van der Waals surface area (Å²) in [5.41, 5.74) is 0. The van der Waals surface area contributed by atoms with Crippen molar-refractivity contribution in [1.29, 1.82) is 0 Å². The van der Waals surface area contributed by atoms with Gasteiger partial charge in [-0.2, -0.15) is 0 Å². The Morgan fingerprint density at radius 2 is 0.600 bits per heavy atom. The van der Waals surface area contributed by atoms with E-state index < -0.39 is 0 Å². The van der Waals surface area contributed by atoms with Gasteiger partial charge in [0.2, 0.25) is 0 Å². The van der Waals surface area contributed by atoms with E-state index >= 15 is 0 Å². The van der Waals surface area contributed by atoms with Gasteiger partial charge in [0.25, 0.3) is 0 Å². The quantitative estimate of drug-likeness (QED) is 0.543. The average molecular weight is 330 g/mol. The average Bonchev–Trinajstić information content (AvgIpc) is 0. The molecule has 0 bridgehead atoms. The van der Waals surface area contributed by atoms with Crippen LogP contribution in [-0.2, 0) is 57.9 Å². The summed E-state index contributed by atoms with van der Waals surface area (Å²) < 4.78 is 0. The first-order valence-electron chi connectivity index (χ1n) is 0. The second-order valence-electron chi connectivity index (χ2n) is 0. The second kappa shape index (κ2) is 61.8. The molecule has 0 aliphatic rings. The van der Waals surface area contributed by atoms with E-state index in [-0.39, 0.29) is 57.9 Å². The molecule has 0 rings (SSSR count). The number of rotatable bonds is 0. The minimum Gasteiger partial charge on any atom is -2.00 e. The van der Waals surface area contributed by atoms with Crippen LogP contribution >= 0.6 is 0 Å².